The number of halogens is 1. The summed E-state index contributed by atoms with van der Waals surface area (Å²) in [5.41, 5.74) is 2.27. The van der Waals surface area contributed by atoms with E-state index in [1.54, 1.807) is 10.2 Å². The summed E-state index contributed by atoms with van der Waals surface area (Å²) < 4.78 is 56.5. The second-order valence-corrected chi connectivity index (χ2v) is 5.94. The van der Waals surface area contributed by atoms with Gasteiger partial charge in [-0.05, 0) is 41.0 Å². The molecule has 1 aromatic heterocycles. The van der Waals surface area contributed by atoms with Crippen LogP contribution in [0.1, 0.15) is 14.0 Å². The molecule has 0 aliphatic heterocycles. The third-order valence-electron chi connectivity index (χ3n) is 2.76. The molecular formula is C12H16FN7O4S. The standard InChI is InChI=1S/C12H16FN7O4S/c1-7-6-8(2-3-9(7)13)17-12(18-21)10-11(20-24-19-10)15-4-5-16-25(14,22)23/h2-3,6,16,21H,4-5H2,1H3,(H,15,20)(H,17,18)(H2,14,22,23)/i5D2. The van der Waals surface area contributed by atoms with Crippen molar-refractivity contribution < 1.29 is 25.4 Å². The van der Waals surface area contributed by atoms with Crippen molar-refractivity contribution in [3.05, 3.63) is 35.3 Å². The molecular weight excluding hydrogens is 357 g/mol. The first-order chi connectivity index (χ1) is 12.5. The number of aromatic nitrogens is 2. The molecule has 0 saturated carbocycles. The fourth-order valence-corrected chi connectivity index (χ4v) is 1.96. The van der Waals surface area contributed by atoms with E-state index in [0.29, 0.717) is 5.56 Å². The topological polar surface area (TPSA) is 168 Å². The average molecular weight is 375 g/mol. The zero-order valence-corrected chi connectivity index (χ0v) is 13.6. The molecule has 0 amide bonds. The molecule has 13 heteroatoms. The number of rotatable bonds is 7. The molecule has 1 heterocycles. The highest BCUT2D eigenvalue weighted by Crippen LogP contribution is 2.19. The number of nitrogens with zero attached hydrogens (tertiary/aromatic N) is 3. The van der Waals surface area contributed by atoms with Gasteiger partial charge in [-0.25, -0.2) is 23.9 Å². The monoisotopic (exact) mass is 375 g/mol. The van der Waals surface area contributed by atoms with Crippen LogP contribution in [0.4, 0.5) is 15.9 Å². The maximum atomic E-state index is 13.3. The zero-order chi connectivity index (χ0) is 20.2. The van der Waals surface area contributed by atoms with Crippen LogP contribution in [0.5, 0.6) is 0 Å². The van der Waals surface area contributed by atoms with Gasteiger partial charge in [0.05, 0.1) is 5.69 Å². The lowest BCUT2D eigenvalue weighted by Gasteiger charge is -2.06. The first kappa shape index (κ1) is 15.9. The molecule has 0 bridgehead atoms. The van der Waals surface area contributed by atoms with Crippen molar-refractivity contribution in [2.24, 2.45) is 10.1 Å². The fraction of sp³-hybridized carbons (Fsp3) is 0.250. The van der Waals surface area contributed by atoms with E-state index in [1.165, 1.54) is 25.1 Å². The van der Waals surface area contributed by atoms with E-state index in [9.17, 15) is 18.0 Å². The normalized spacial score (nSPS) is 14.0. The summed E-state index contributed by atoms with van der Waals surface area (Å²) in [6.07, 6.45) is 0. The van der Waals surface area contributed by atoms with Gasteiger partial charge in [-0.2, -0.15) is 8.42 Å². The Morgan fingerprint density at radius 3 is 2.92 bits per heavy atom. The maximum absolute atomic E-state index is 13.3. The number of benzene rings is 1. The van der Waals surface area contributed by atoms with Crippen LogP contribution >= 0.6 is 0 Å². The molecule has 0 aliphatic carbocycles. The molecule has 0 fully saturated rings. The van der Waals surface area contributed by atoms with Crippen molar-refractivity contribution in [2.45, 2.75) is 6.92 Å². The quantitative estimate of drug-likeness (QED) is 0.251. The molecule has 136 valence electrons. The Morgan fingerprint density at radius 1 is 1.52 bits per heavy atom. The molecule has 1 aromatic carbocycles. The van der Waals surface area contributed by atoms with Crippen LogP contribution in [0.15, 0.2) is 27.8 Å². The number of aliphatic imine (C=N–C) groups is 1. The lowest BCUT2D eigenvalue weighted by molar-refractivity contribution is 0.234. The van der Waals surface area contributed by atoms with Crippen molar-refractivity contribution >= 4 is 27.6 Å². The van der Waals surface area contributed by atoms with Gasteiger partial charge in [-0.1, -0.05) is 0 Å². The van der Waals surface area contributed by atoms with Gasteiger partial charge < -0.3 is 5.32 Å². The minimum Gasteiger partial charge on any atom is -0.364 e. The van der Waals surface area contributed by atoms with E-state index in [2.05, 4.69) is 25.3 Å². The first-order valence-corrected chi connectivity index (χ1v) is 8.19. The highest BCUT2D eigenvalue weighted by Gasteiger charge is 2.16. The molecule has 2 aromatic rings. The van der Waals surface area contributed by atoms with E-state index in [-0.39, 0.29) is 23.0 Å². The first-order valence-electron chi connectivity index (χ1n) is 7.64. The molecule has 0 saturated heterocycles. The van der Waals surface area contributed by atoms with E-state index in [1.807, 2.05) is 0 Å². The minimum atomic E-state index is -4.28. The molecule has 25 heavy (non-hydrogen) atoms. The third kappa shape index (κ3) is 5.46. The zero-order valence-electron chi connectivity index (χ0n) is 14.8. The van der Waals surface area contributed by atoms with Crippen LogP contribution in [0.3, 0.4) is 0 Å². The van der Waals surface area contributed by atoms with Gasteiger partial charge in [0.1, 0.15) is 5.82 Å². The van der Waals surface area contributed by atoms with E-state index < -0.39 is 29.1 Å². The molecule has 0 aliphatic rings. The minimum absolute atomic E-state index is 0.133. The predicted octanol–water partition coefficient (Wildman–Crippen LogP) is -0.221. The molecule has 11 nitrogen and oxygen atoms in total. The lowest BCUT2D eigenvalue weighted by Crippen LogP contribution is -2.34. The van der Waals surface area contributed by atoms with Gasteiger partial charge in [0.2, 0.25) is 5.82 Å². The summed E-state index contributed by atoms with van der Waals surface area (Å²) in [6, 6.07) is 3.97. The van der Waals surface area contributed by atoms with Crippen molar-refractivity contribution in [3.8, 4) is 0 Å². The maximum Gasteiger partial charge on any atom is 0.274 e. The number of anilines is 1. The van der Waals surface area contributed by atoms with Gasteiger partial charge in [0.25, 0.3) is 10.2 Å². The molecule has 0 atom stereocenters. The molecule has 0 radical (unpaired) electrons. The Morgan fingerprint density at radius 2 is 2.28 bits per heavy atom. The number of hydroxylamine groups is 1. The second-order valence-electron chi connectivity index (χ2n) is 4.64. The molecule has 0 spiro atoms. The van der Waals surface area contributed by atoms with Crippen LogP contribution < -0.4 is 20.7 Å². The smallest absolute Gasteiger partial charge is 0.274 e. The van der Waals surface area contributed by atoms with Gasteiger partial charge in [-0.3, -0.25) is 10.7 Å². The van der Waals surface area contributed by atoms with Crippen molar-refractivity contribution in [1.82, 2.24) is 20.5 Å². The Bertz CT molecular complexity index is 951. The summed E-state index contributed by atoms with van der Waals surface area (Å²) in [4.78, 5) is 4.05. The predicted molar refractivity (Wildman–Crippen MR) is 86.2 cm³/mol. The lowest BCUT2D eigenvalue weighted by atomic mass is 10.2. The van der Waals surface area contributed by atoms with Crippen LogP contribution in [0, 0.1) is 12.7 Å². The van der Waals surface area contributed by atoms with Gasteiger partial charge in [0, 0.05) is 15.8 Å². The Labute approximate surface area is 145 Å². The highest BCUT2D eigenvalue weighted by molar-refractivity contribution is 7.87. The van der Waals surface area contributed by atoms with E-state index in [4.69, 9.17) is 7.88 Å². The van der Waals surface area contributed by atoms with Gasteiger partial charge in [-0.15, -0.1) is 0 Å². The highest BCUT2D eigenvalue weighted by atomic mass is 32.2. The number of hydrogen-bond acceptors (Lipinski definition) is 8. The number of amidine groups is 1. The van der Waals surface area contributed by atoms with Gasteiger partial charge >= 0.3 is 0 Å². The Kier molecular flexibility index (Phi) is 5.07. The third-order valence-corrected chi connectivity index (χ3v) is 3.19. The number of nitrogens with two attached hydrogens (primary N) is 1. The van der Waals surface area contributed by atoms with Crippen LogP contribution in [-0.2, 0) is 10.2 Å². The molecule has 2 rings (SSSR count). The average Bonchev–Trinajstić information content (AvgIpc) is 3.00. The number of nitrogens with one attached hydrogen (secondary N) is 3. The summed E-state index contributed by atoms with van der Waals surface area (Å²) in [5, 5.41) is 23.5. The van der Waals surface area contributed by atoms with E-state index >= 15 is 0 Å². The SMILES string of the molecule is [2H]C([2H])(CNc1nonc1C(=Nc1ccc(F)c(C)c1)NO)NS(N)(=O)=O. The summed E-state index contributed by atoms with van der Waals surface area (Å²) in [6.45, 7) is -1.52. The van der Waals surface area contributed by atoms with Crippen molar-refractivity contribution in [3.63, 3.8) is 0 Å². The van der Waals surface area contributed by atoms with Crippen molar-refractivity contribution in [2.75, 3.05) is 18.4 Å². The second kappa shape index (κ2) is 7.98. The van der Waals surface area contributed by atoms with Crippen LogP contribution in [0.2, 0.25) is 0 Å². The van der Waals surface area contributed by atoms with Crippen molar-refractivity contribution in [1.29, 1.82) is 0 Å². The number of aryl methyl sites for hydroxylation is 1. The summed E-state index contributed by atoms with van der Waals surface area (Å²) in [5.74, 6) is -0.804. The summed E-state index contributed by atoms with van der Waals surface area (Å²) >= 11 is 0. The van der Waals surface area contributed by atoms with Gasteiger partial charge in [0.15, 0.2) is 11.5 Å². The molecule has 0 unspecified atom stereocenters. The largest absolute Gasteiger partial charge is 0.364 e. The Hall–Kier alpha value is -2.61. The fourth-order valence-electron chi connectivity index (χ4n) is 1.68. The molecule has 6 N–H and O–H groups in total. The Balaban J connectivity index is 2.23. The van der Waals surface area contributed by atoms with Crippen LogP contribution in [0.25, 0.3) is 0 Å². The summed E-state index contributed by atoms with van der Waals surface area (Å²) in [7, 11) is -4.28. The van der Waals surface area contributed by atoms with Crippen LogP contribution in [-0.4, -0.2) is 42.8 Å². The van der Waals surface area contributed by atoms with E-state index in [0.717, 1.165) is 0 Å². The number of hydrogen-bond donors (Lipinski definition) is 5.